The van der Waals surface area contributed by atoms with Gasteiger partial charge in [0.25, 0.3) is 6.43 Å². The Hall–Kier alpha value is -1.30. The van der Waals surface area contributed by atoms with E-state index in [9.17, 15) is 18.0 Å². The van der Waals surface area contributed by atoms with Crippen molar-refractivity contribution in [1.29, 1.82) is 0 Å². The summed E-state index contributed by atoms with van der Waals surface area (Å²) in [4.78, 5) is 13.5. The van der Waals surface area contributed by atoms with Gasteiger partial charge < -0.3 is 5.11 Å². The van der Waals surface area contributed by atoms with Gasteiger partial charge in [-0.05, 0) is 6.07 Å². The molecule has 1 aromatic heterocycles. The number of rotatable bonds is 3. The molecule has 0 bridgehead atoms. The number of aromatic nitrogens is 1. The molecule has 0 saturated carbocycles. The van der Waals surface area contributed by atoms with Gasteiger partial charge >= 0.3 is 5.97 Å². The van der Waals surface area contributed by atoms with Crippen molar-refractivity contribution in [3.63, 3.8) is 0 Å². The number of carboxylic acids is 1. The summed E-state index contributed by atoms with van der Waals surface area (Å²) in [5.74, 6) is -2.42. The molecule has 82 valence electrons. The van der Waals surface area contributed by atoms with E-state index in [0.29, 0.717) is 6.07 Å². The molecule has 1 heterocycles. The van der Waals surface area contributed by atoms with Crippen LogP contribution in [0, 0.1) is 5.82 Å². The van der Waals surface area contributed by atoms with Gasteiger partial charge in [-0.3, -0.25) is 4.79 Å². The lowest BCUT2D eigenvalue weighted by Crippen LogP contribution is -2.06. The van der Waals surface area contributed by atoms with E-state index in [2.05, 4.69) is 4.98 Å². The number of pyridine rings is 1. The second kappa shape index (κ2) is 4.48. The molecule has 3 nitrogen and oxygen atoms in total. The van der Waals surface area contributed by atoms with Crippen LogP contribution >= 0.6 is 11.6 Å². The third kappa shape index (κ3) is 2.82. The first-order valence-electron chi connectivity index (χ1n) is 3.76. The van der Waals surface area contributed by atoms with Gasteiger partial charge in [0.15, 0.2) is 0 Å². The van der Waals surface area contributed by atoms with E-state index in [1.807, 2.05) is 0 Å². The van der Waals surface area contributed by atoms with Gasteiger partial charge in [0.2, 0.25) is 0 Å². The van der Waals surface area contributed by atoms with Crippen LogP contribution in [0.15, 0.2) is 6.07 Å². The van der Waals surface area contributed by atoms with E-state index in [1.165, 1.54) is 0 Å². The third-order valence-corrected chi connectivity index (χ3v) is 1.89. The van der Waals surface area contributed by atoms with Gasteiger partial charge in [-0.1, -0.05) is 11.6 Å². The van der Waals surface area contributed by atoms with Crippen LogP contribution in [0.3, 0.4) is 0 Å². The lowest BCUT2D eigenvalue weighted by molar-refractivity contribution is -0.136. The molecular formula is C8H5ClF3NO2. The zero-order valence-electron chi connectivity index (χ0n) is 7.18. The fourth-order valence-corrected chi connectivity index (χ4v) is 1.18. The Kier molecular flexibility index (Phi) is 3.52. The highest BCUT2D eigenvalue weighted by atomic mass is 35.5. The van der Waals surface area contributed by atoms with Crippen molar-refractivity contribution in [1.82, 2.24) is 4.98 Å². The van der Waals surface area contributed by atoms with Crippen LogP contribution in [0.4, 0.5) is 13.2 Å². The number of hydrogen-bond acceptors (Lipinski definition) is 2. The molecule has 1 rings (SSSR count). The minimum Gasteiger partial charge on any atom is -0.481 e. The first-order chi connectivity index (χ1) is 6.91. The van der Waals surface area contributed by atoms with Crippen molar-refractivity contribution in [2.24, 2.45) is 0 Å². The van der Waals surface area contributed by atoms with Crippen molar-refractivity contribution in [2.75, 3.05) is 0 Å². The summed E-state index contributed by atoms with van der Waals surface area (Å²) in [7, 11) is 0. The Morgan fingerprint density at radius 1 is 1.60 bits per heavy atom. The number of hydrogen-bond donors (Lipinski definition) is 1. The van der Waals surface area contributed by atoms with Crippen LogP contribution < -0.4 is 0 Å². The second-order valence-corrected chi connectivity index (χ2v) is 3.03. The van der Waals surface area contributed by atoms with E-state index in [1.54, 1.807) is 0 Å². The Labute approximate surface area is 87.5 Å². The normalized spacial score (nSPS) is 10.7. The van der Waals surface area contributed by atoms with Crippen LogP contribution in [0.2, 0.25) is 5.15 Å². The zero-order valence-corrected chi connectivity index (χ0v) is 7.93. The standard InChI is InChI=1S/C8H5ClF3NO2/c9-7-3(8(11)12)1-4(10)5(13-7)2-6(14)15/h1,8H,2H2,(H,14,15). The fourth-order valence-electron chi connectivity index (χ4n) is 0.936. The first kappa shape index (κ1) is 11.8. The zero-order chi connectivity index (χ0) is 11.6. The molecule has 0 atom stereocenters. The number of alkyl halides is 2. The number of halogens is 4. The largest absolute Gasteiger partial charge is 0.481 e. The Bertz CT molecular complexity index is 398. The molecule has 1 aromatic rings. The topological polar surface area (TPSA) is 50.2 Å². The molecule has 0 aliphatic carbocycles. The summed E-state index contributed by atoms with van der Waals surface area (Å²) in [5, 5.41) is 7.78. The molecular weight excluding hydrogens is 235 g/mol. The Morgan fingerprint density at radius 3 is 2.67 bits per heavy atom. The number of aliphatic carboxylic acids is 1. The highest BCUT2D eigenvalue weighted by Gasteiger charge is 2.18. The van der Waals surface area contributed by atoms with Gasteiger partial charge in [0.1, 0.15) is 11.0 Å². The van der Waals surface area contributed by atoms with Crippen molar-refractivity contribution < 1.29 is 23.1 Å². The lowest BCUT2D eigenvalue weighted by Gasteiger charge is -2.05. The smallest absolute Gasteiger partial charge is 0.309 e. The Morgan fingerprint density at radius 2 is 2.20 bits per heavy atom. The molecule has 1 N–H and O–H groups in total. The SMILES string of the molecule is O=C(O)Cc1nc(Cl)c(C(F)F)cc1F. The molecule has 15 heavy (non-hydrogen) atoms. The van der Waals surface area contributed by atoms with Crippen LogP contribution in [0.1, 0.15) is 17.7 Å². The predicted octanol–water partition coefficient (Wildman–Crippen LogP) is 2.44. The second-order valence-electron chi connectivity index (χ2n) is 2.67. The molecule has 0 fully saturated rings. The molecule has 0 aliphatic rings. The van der Waals surface area contributed by atoms with Crippen LogP contribution in [-0.4, -0.2) is 16.1 Å². The summed E-state index contributed by atoms with van der Waals surface area (Å²) in [5.41, 5.74) is -1.21. The van der Waals surface area contributed by atoms with Crippen molar-refractivity contribution in [3.05, 3.63) is 28.3 Å². The third-order valence-electron chi connectivity index (χ3n) is 1.58. The highest BCUT2D eigenvalue weighted by molar-refractivity contribution is 6.30. The molecule has 0 amide bonds. The Balaban J connectivity index is 3.13. The lowest BCUT2D eigenvalue weighted by atomic mass is 10.2. The van der Waals surface area contributed by atoms with Crippen molar-refractivity contribution >= 4 is 17.6 Å². The van der Waals surface area contributed by atoms with Crippen molar-refractivity contribution in [3.8, 4) is 0 Å². The van der Waals surface area contributed by atoms with E-state index in [0.717, 1.165) is 0 Å². The summed E-state index contributed by atoms with van der Waals surface area (Å²) in [6, 6.07) is 0.498. The fraction of sp³-hybridized carbons (Fsp3) is 0.250. The molecule has 0 aliphatic heterocycles. The molecule has 0 spiro atoms. The molecule has 7 heteroatoms. The maximum absolute atomic E-state index is 13.0. The van der Waals surface area contributed by atoms with Gasteiger partial charge in [0, 0.05) is 0 Å². The predicted molar refractivity (Wildman–Crippen MR) is 45.5 cm³/mol. The maximum Gasteiger partial charge on any atom is 0.309 e. The minimum atomic E-state index is -2.95. The molecule has 0 aromatic carbocycles. The number of nitrogens with zero attached hydrogens (tertiary/aromatic N) is 1. The monoisotopic (exact) mass is 239 g/mol. The van der Waals surface area contributed by atoms with Crippen molar-refractivity contribution in [2.45, 2.75) is 12.8 Å². The maximum atomic E-state index is 13.0. The van der Waals surface area contributed by atoms with E-state index in [-0.39, 0.29) is 0 Å². The quantitative estimate of drug-likeness (QED) is 0.824. The van der Waals surface area contributed by atoms with Gasteiger partial charge in [-0.15, -0.1) is 0 Å². The summed E-state index contributed by atoms with van der Waals surface area (Å²) in [6.45, 7) is 0. The van der Waals surface area contributed by atoms with Crippen LogP contribution in [-0.2, 0) is 11.2 Å². The summed E-state index contributed by atoms with van der Waals surface area (Å²) < 4.78 is 37.4. The van der Waals surface area contributed by atoms with E-state index >= 15 is 0 Å². The average Bonchev–Trinajstić information content (AvgIpc) is 2.09. The first-order valence-corrected chi connectivity index (χ1v) is 4.14. The average molecular weight is 240 g/mol. The van der Waals surface area contributed by atoms with Crippen LogP contribution in [0.5, 0.6) is 0 Å². The van der Waals surface area contributed by atoms with E-state index < -0.39 is 41.0 Å². The van der Waals surface area contributed by atoms with Crippen LogP contribution in [0.25, 0.3) is 0 Å². The molecule has 0 unspecified atom stereocenters. The highest BCUT2D eigenvalue weighted by Crippen LogP contribution is 2.27. The molecule has 0 radical (unpaired) electrons. The van der Waals surface area contributed by atoms with Gasteiger partial charge in [0.05, 0.1) is 17.7 Å². The van der Waals surface area contributed by atoms with Gasteiger partial charge in [-0.2, -0.15) is 0 Å². The van der Waals surface area contributed by atoms with Gasteiger partial charge in [-0.25, -0.2) is 18.2 Å². The minimum absolute atomic E-state index is 0.461. The summed E-state index contributed by atoms with van der Waals surface area (Å²) >= 11 is 5.33. The summed E-state index contributed by atoms with van der Waals surface area (Å²) in [6.07, 6.45) is -3.65. The molecule has 0 saturated heterocycles. The number of carboxylic acid groups (broad SMARTS) is 1. The van der Waals surface area contributed by atoms with E-state index in [4.69, 9.17) is 16.7 Å². The number of carbonyl (C=O) groups is 1.